The molecule has 0 saturated heterocycles. The molecule has 0 spiro atoms. The fraction of sp³-hybridized carbons (Fsp3) is 0.222. The van der Waals surface area contributed by atoms with E-state index in [0.717, 1.165) is 11.1 Å². The number of ether oxygens (including phenoxy) is 2. The van der Waals surface area contributed by atoms with Crippen molar-refractivity contribution in [3.05, 3.63) is 71.8 Å². The largest absolute Gasteiger partial charge is 0.450 e. The lowest BCUT2D eigenvalue weighted by Crippen LogP contribution is -2.27. The Kier molecular flexibility index (Phi) is 5.70. The zero-order valence-electron chi connectivity index (χ0n) is 12.3. The van der Waals surface area contributed by atoms with Crippen LogP contribution in [0.3, 0.4) is 0 Å². The fourth-order valence-corrected chi connectivity index (χ4v) is 2.09. The first kappa shape index (κ1) is 15.7. The standard InChI is InChI=1S/C18H17NO3/c1-2-21-16(13-19)18(20)22-17(14-9-5-3-6-10-14)15-11-7-4-8-12-15/h3-12,16-17H,2H2,1H3. The highest BCUT2D eigenvalue weighted by atomic mass is 16.6. The van der Waals surface area contributed by atoms with E-state index in [4.69, 9.17) is 14.7 Å². The monoisotopic (exact) mass is 295 g/mol. The maximum absolute atomic E-state index is 12.2. The van der Waals surface area contributed by atoms with Gasteiger partial charge in [0.05, 0.1) is 0 Å². The van der Waals surface area contributed by atoms with E-state index < -0.39 is 18.2 Å². The maximum atomic E-state index is 12.2. The summed E-state index contributed by atoms with van der Waals surface area (Å²) in [5.74, 6) is -0.679. The van der Waals surface area contributed by atoms with Gasteiger partial charge in [-0.25, -0.2) is 4.79 Å². The van der Waals surface area contributed by atoms with Crippen molar-refractivity contribution >= 4 is 5.97 Å². The average molecular weight is 295 g/mol. The Bertz CT molecular complexity index is 595. The SMILES string of the molecule is CCOC(C#N)C(=O)OC(c1ccccc1)c1ccccc1. The van der Waals surface area contributed by atoms with Crippen molar-refractivity contribution in [1.82, 2.24) is 0 Å². The summed E-state index contributed by atoms with van der Waals surface area (Å²) >= 11 is 0. The summed E-state index contributed by atoms with van der Waals surface area (Å²) in [6.07, 6.45) is -1.77. The van der Waals surface area contributed by atoms with Gasteiger partial charge in [-0.15, -0.1) is 0 Å². The molecule has 0 aliphatic carbocycles. The highest BCUT2D eigenvalue weighted by Gasteiger charge is 2.25. The third-order valence-corrected chi connectivity index (χ3v) is 3.10. The van der Waals surface area contributed by atoms with E-state index in [9.17, 15) is 4.79 Å². The molecular formula is C18H17NO3. The van der Waals surface area contributed by atoms with Gasteiger partial charge in [-0.1, -0.05) is 60.7 Å². The molecule has 0 aliphatic rings. The van der Waals surface area contributed by atoms with Crippen LogP contribution in [0.1, 0.15) is 24.2 Å². The van der Waals surface area contributed by atoms with E-state index in [1.54, 1.807) is 6.92 Å². The van der Waals surface area contributed by atoms with E-state index in [2.05, 4.69) is 0 Å². The van der Waals surface area contributed by atoms with Crippen molar-refractivity contribution < 1.29 is 14.3 Å². The zero-order chi connectivity index (χ0) is 15.8. The first-order chi connectivity index (χ1) is 10.8. The van der Waals surface area contributed by atoms with Crippen LogP contribution in [0.25, 0.3) is 0 Å². The average Bonchev–Trinajstić information content (AvgIpc) is 2.59. The van der Waals surface area contributed by atoms with Crippen LogP contribution < -0.4 is 0 Å². The predicted octanol–water partition coefficient (Wildman–Crippen LogP) is 3.25. The Balaban J connectivity index is 2.27. The molecule has 0 amide bonds. The Morgan fingerprint density at radius 2 is 1.55 bits per heavy atom. The molecule has 2 aromatic rings. The molecule has 0 aromatic heterocycles. The summed E-state index contributed by atoms with van der Waals surface area (Å²) < 4.78 is 10.6. The van der Waals surface area contributed by atoms with E-state index in [-0.39, 0.29) is 6.61 Å². The number of nitriles is 1. The number of carbonyl (C=O) groups is 1. The number of esters is 1. The smallest absolute Gasteiger partial charge is 0.351 e. The van der Waals surface area contributed by atoms with Crippen molar-refractivity contribution in [1.29, 1.82) is 5.26 Å². The Hall–Kier alpha value is -2.64. The molecule has 4 heteroatoms. The third-order valence-electron chi connectivity index (χ3n) is 3.10. The van der Waals surface area contributed by atoms with Crippen molar-refractivity contribution in [2.75, 3.05) is 6.61 Å². The molecule has 2 rings (SSSR count). The Labute approximate surface area is 129 Å². The summed E-state index contributed by atoms with van der Waals surface area (Å²) in [5.41, 5.74) is 1.69. The zero-order valence-corrected chi connectivity index (χ0v) is 12.3. The lowest BCUT2D eigenvalue weighted by atomic mass is 10.0. The van der Waals surface area contributed by atoms with Gasteiger partial charge in [-0.2, -0.15) is 5.26 Å². The van der Waals surface area contributed by atoms with Crippen LogP contribution in [0.15, 0.2) is 60.7 Å². The van der Waals surface area contributed by atoms with Gasteiger partial charge in [0.25, 0.3) is 0 Å². The van der Waals surface area contributed by atoms with Gasteiger partial charge in [0.15, 0.2) is 6.10 Å². The number of hydrogen-bond acceptors (Lipinski definition) is 4. The van der Waals surface area contributed by atoms with E-state index in [1.807, 2.05) is 66.7 Å². The number of hydrogen-bond donors (Lipinski definition) is 0. The third kappa shape index (κ3) is 3.94. The van der Waals surface area contributed by atoms with Gasteiger partial charge < -0.3 is 9.47 Å². The van der Waals surface area contributed by atoms with Crippen molar-refractivity contribution in [2.24, 2.45) is 0 Å². The summed E-state index contributed by atoms with van der Waals surface area (Å²) in [7, 11) is 0. The number of carbonyl (C=O) groups excluding carboxylic acids is 1. The first-order valence-electron chi connectivity index (χ1n) is 7.08. The van der Waals surface area contributed by atoms with Crippen LogP contribution in [0.2, 0.25) is 0 Å². The summed E-state index contributed by atoms with van der Waals surface area (Å²) in [6, 6.07) is 20.6. The van der Waals surface area contributed by atoms with E-state index >= 15 is 0 Å². The summed E-state index contributed by atoms with van der Waals surface area (Å²) in [6.45, 7) is 2.00. The lowest BCUT2D eigenvalue weighted by Gasteiger charge is -2.20. The molecule has 0 N–H and O–H groups in total. The highest BCUT2D eigenvalue weighted by Crippen LogP contribution is 2.26. The van der Waals surface area contributed by atoms with Crippen LogP contribution >= 0.6 is 0 Å². The molecule has 0 radical (unpaired) electrons. The van der Waals surface area contributed by atoms with Crippen molar-refractivity contribution in [3.63, 3.8) is 0 Å². The predicted molar refractivity (Wildman–Crippen MR) is 81.8 cm³/mol. The van der Waals surface area contributed by atoms with Gasteiger partial charge in [-0.05, 0) is 18.1 Å². The topological polar surface area (TPSA) is 59.3 Å². The molecule has 2 aromatic carbocycles. The normalized spacial score (nSPS) is 11.7. The molecule has 0 saturated carbocycles. The maximum Gasteiger partial charge on any atom is 0.351 e. The van der Waals surface area contributed by atoms with Crippen LogP contribution in [-0.4, -0.2) is 18.7 Å². The highest BCUT2D eigenvalue weighted by molar-refractivity contribution is 5.78. The minimum absolute atomic E-state index is 0.272. The van der Waals surface area contributed by atoms with Crippen molar-refractivity contribution in [2.45, 2.75) is 19.1 Å². The number of rotatable bonds is 6. The molecule has 112 valence electrons. The minimum atomic E-state index is -1.21. The van der Waals surface area contributed by atoms with Gasteiger partial charge in [0.2, 0.25) is 6.10 Å². The van der Waals surface area contributed by atoms with Crippen LogP contribution in [0.4, 0.5) is 0 Å². The van der Waals surface area contributed by atoms with Crippen LogP contribution in [0, 0.1) is 11.3 Å². The Morgan fingerprint density at radius 3 is 1.95 bits per heavy atom. The van der Waals surface area contributed by atoms with Gasteiger partial charge >= 0.3 is 5.97 Å². The number of nitrogens with zero attached hydrogens (tertiary/aromatic N) is 1. The molecule has 1 unspecified atom stereocenters. The van der Waals surface area contributed by atoms with Crippen molar-refractivity contribution in [3.8, 4) is 6.07 Å². The Morgan fingerprint density at radius 1 is 1.05 bits per heavy atom. The van der Waals surface area contributed by atoms with E-state index in [1.165, 1.54) is 0 Å². The van der Waals surface area contributed by atoms with Gasteiger partial charge in [-0.3, -0.25) is 0 Å². The molecule has 0 fully saturated rings. The number of benzene rings is 2. The van der Waals surface area contributed by atoms with Crippen LogP contribution in [0.5, 0.6) is 0 Å². The van der Waals surface area contributed by atoms with Crippen LogP contribution in [-0.2, 0) is 14.3 Å². The molecular weight excluding hydrogens is 278 g/mol. The quantitative estimate of drug-likeness (QED) is 0.768. The molecule has 4 nitrogen and oxygen atoms in total. The summed E-state index contributed by atoms with van der Waals surface area (Å²) in [4.78, 5) is 12.2. The lowest BCUT2D eigenvalue weighted by molar-refractivity contribution is -0.157. The molecule has 0 bridgehead atoms. The first-order valence-corrected chi connectivity index (χ1v) is 7.08. The second-order valence-corrected chi connectivity index (χ2v) is 4.60. The molecule has 22 heavy (non-hydrogen) atoms. The molecule has 0 heterocycles. The summed E-state index contributed by atoms with van der Waals surface area (Å²) in [5, 5.41) is 9.01. The second kappa shape index (κ2) is 7.96. The minimum Gasteiger partial charge on any atom is -0.450 e. The fourth-order valence-electron chi connectivity index (χ4n) is 2.09. The van der Waals surface area contributed by atoms with E-state index in [0.29, 0.717) is 0 Å². The second-order valence-electron chi connectivity index (χ2n) is 4.60. The molecule has 1 atom stereocenters. The van der Waals surface area contributed by atoms with Gasteiger partial charge in [0.1, 0.15) is 6.07 Å². The van der Waals surface area contributed by atoms with Gasteiger partial charge in [0, 0.05) is 6.61 Å². The molecule has 0 aliphatic heterocycles.